The normalized spacial score (nSPS) is 18.3. The van der Waals surface area contributed by atoms with Gasteiger partial charge in [0, 0.05) is 32.6 Å². The zero-order chi connectivity index (χ0) is 17.2. The zero-order valence-corrected chi connectivity index (χ0v) is 14.8. The van der Waals surface area contributed by atoms with Crippen molar-refractivity contribution in [1.82, 2.24) is 9.21 Å². The number of benzene rings is 1. The van der Waals surface area contributed by atoms with Crippen LogP contribution < -0.4 is 4.74 Å². The second-order valence-electron chi connectivity index (χ2n) is 6.31. The molecule has 0 unspecified atom stereocenters. The number of carbonyl (C=O) groups is 1. The highest BCUT2D eigenvalue weighted by atomic mass is 32.2. The lowest BCUT2D eigenvalue weighted by molar-refractivity contribution is -0.131. The van der Waals surface area contributed by atoms with Crippen molar-refractivity contribution in [2.45, 2.75) is 26.2 Å². The molecule has 0 radical (unpaired) electrons. The Morgan fingerprint density at radius 2 is 1.96 bits per heavy atom. The molecule has 0 aromatic heterocycles. The van der Waals surface area contributed by atoms with Crippen LogP contribution >= 0.6 is 0 Å². The molecule has 6 nitrogen and oxygen atoms in total. The van der Waals surface area contributed by atoms with Crippen molar-refractivity contribution in [2.75, 3.05) is 38.5 Å². The van der Waals surface area contributed by atoms with Gasteiger partial charge in [-0.3, -0.25) is 4.79 Å². The van der Waals surface area contributed by atoms with Crippen molar-refractivity contribution in [3.8, 4) is 5.75 Å². The molecule has 1 amide bonds. The lowest BCUT2D eigenvalue weighted by Gasteiger charge is -2.34. The number of carbonyl (C=O) groups excluding carboxylic acids is 1. The monoisotopic (exact) mass is 352 g/mol. The number of nitrogens with zero attached hydrogens (tertiary/aromatic N) is 2. The number of sulfonamides is 1. The van der Waals surface area contributed by atoms with Crippen molar-refractivity contribution in [2.24, 2.45) is 0 Å². The van der Waals surface area contributed by atoms with E-state index in [1.807, 2.05) is 25.1 Å². The van der Waals surface area contributed by atoms with Gasteiger partial charge < -0.3 is 9.64 Å². The third kappa shape index (κ3) is 3.72. The molecule has 2 aliphatic heterocycles. The van der Waals surface area contributed by atoms with E-state index in [9.17, 15) is 13.2 Å². The molecule has 1 aromatic carbocycles. The Bertz CT molecular complexity index is 709. The number of rotatable bonds is 5. The molecule has 7 heteroatoms. The molecule has 1 fully saturated rings. The first kappa shape index (κ1) is 17.2. The molecule has 132 valence electrons. The number of hydrogen-bond donors (Lipinski definition) is 0. The number of piperazine rings is 1. The Labute approximate surface area is 143 Å². The predicted molar refractivity (Wildman–Crippen MR) is 91.6 cm³/mol. The Balaban J connectivity index is 1.56. The quantitative estimate of drug-likeness (QED) is 0.794. The smallest absolute Gasteiger partial charge is 0.227 e. The first-order valence-corrected chi connectivity index (χ1v) is 10.1. The van der Waals surface area contributed by atoms with E-state index in [0.29, 0.717) is 45.6 Å². The molecule has 2 aliphatic rings. The third-order valence-corrected chi connectivity index (χ3v) is 6.63. The highest BCUT2D eigenvalue weighted by Gasteiger charge is 2.28. The molecule has 0 saturated carbocycles. The van der Waals surface area contributed by atoms with Gasteiger partial charge in [0.05, 0.1) is 18.8 Å². The topological polar surface area (TPSA) is 66.9 Å². The summed E-state index contributed by atoms with van der Waals surface area (Å²) in [5, 5.41) is 0. The summed E-state index contributed by atoms with van der Waals surface area (Å²) in [6.45, 7) is 4.30. The van der Waals surface area contributed by atoms with E-state index in [1.54, 1.807) is 4.90 Å². The maximum absolute atomic E-state index is 12.5. The largest absolute Gasteiger partial charge is 0.493 e. The van der Waals surface area contributed by atoms with Gasteiger partial charge in [-0.2, -0.15) is 4.31 Å². The summed E-state index contributed by atoms with van der Waals surface area (Å²) >= 11 is 0. The van der Waals surface area contributed by atoms with E-state index in [0.717, 1.165) is 23.3 Å². The minimum Gasteiger partial charge on any atom is -0.493 e. The molecule has 0 spiro atoms. The summed E-state index contributed by atoms with van der Waals surface area (Å²) in [5.74, 6) is 1.15. The lowest BCUT2D eigenvalue weighted by Crippen LogP contribution is -2.51. The standard InChI is InChI=1S/C17H24N2O4S/c1-2-11-24(21,22)19-8-6-18(7-9-19)17(20)13-14-3-4-16-15(12-14)5-10-23-16/h3-4,12H,2,5-11,13H2,1H3. The van der Waals surface area contributed by atoms with Crippen molar-refractivity contribution < 1.29 is 17.9 Å². The number of amides is 1. The number of fused-ring (bicyclic) bond motifs is 1. The Kier molecular flexibility index (Phi) is 5.10. The molecule has 0 atom stereocenters. The molecule has 1 aromatic rings. The predicted octanol–water partition coefficient (Wildman–Crippen LogP) is 1.05. The van der Waals surface area contributed by atoms with Gasteiger partial charge in [0.25, 0.3) is 0 Å². The second-order valence-corrected chi connectivity index (χ2v) is 8.40. The van der Waals surface area contributed by atoms with Crippen LogP contribution in [0.5, 0.6) is 5.75 Å². The summed E-state index contributed by atoms with van der Waals surface area (Å²) in [6.07, 6.45) is 1.86. The van der Waals surface area contributed by atoms with E-state index in [1.165, 1.54) is 4.31 Å². The molecule has 0 aliphatic carbocycles. The summed E-state index contributed by atoms with van der Waals surface area (Å²) in [7, 11) is -3.17. The van der Waals surface area contributed by atoms with Crippen molar-refractivity contribution in [1.29, 1.82) is 0 Å². The van der Waals surface area contributed by atoms with E-state index >= 15 is 0 Å². The molecular formula is C17H24N2O4S. The van der Waals surface area contributed by atoms with Gasteiger partial charge in [0.2, 0.25) is 15.9 Å². The maximum atomic E-state index is 12.5. The number of ether oxygens (including phenoxy) is 1. The second kappa shape index (κ2) is 7.11. The van der Waals surface area contributed by atoms with Crippen LogP contribution in [0.1, 0.15) is 24.5 Å². The first-order chi connectivity index (χ1) is 11.5. The van der Waals surface area contributed by atoms with Crippen LogP contribution in [-0.2, 0) is 27.7 Å². The van der Waals surface area contributed by atoms with Gasteiger partial charge in [-0.15, -0.1) is 0 Å². The summed E-state index contributed by atoms with van der Waals surface area (Å²) in [4.78, 5) is 14.2. The average molecular weight is 352 g/mol. The maximum Gasteiger partial charge on any atom is 0.227 e. The average Bonchev–Trinajstić information content (AvgIpc) is 3.02. The van der Waals surface area contributed by atoms with Crippen LogP contribution in [0.15, 0.2) is 18.2 Å². The molecule has 24 heavy (non-hydrogen) atoms. The van der Waals surface area contributed by atoms with Crippen LogP contribution in [0.3, 0.4) is 0 Å². The summed E-state index contributed by atoms with van der Waals surface area (Å²) < 4.78 is 31.1. The fourth-order valence-electron chi connectivity index (χ4n) is 3.24. The first-order valence-electron chi connectivity index (χ1n) is 8.50. The highest BCUT2D eigenvalue weighted by Crippen LogP contribution is 2.26. The third-order valence-electron chi connectivity index (χ3n) is 4.56. The van der Waals surface area contributed by atoms with Crippen molar-refractivity contribution >= 4 is 15.9 Å². The fourth-order valence-corrected chi connectivity index (χ4v) is 4.73. The SMILES string of the molecule is CCCS(=O)(=O)N1CCN(C(=O)Cc2ccc3c(c2)CCO3)CC1. The Morgan fingerprint density at radius 3 is 2.67 bits per heavy atom. The molecule has 2 heterocycles. The Hall–Kier alpha value is -1.60. The van der Waals surface area contributed by atoms with E-state index in [-0.39, 0.29) is 11.7 Å². The van der Waals surface area contributed by atoms with Crippen LogP contribution in [0.2, 0.25) is 0 Å². The van der Waals surface area contributed by atoms with Gasteiger partial charge in [-0.25, -0.2) is 8.42 Å². The molecular weight excluding hydrogens is 328 g/mol. The lowest BCUT2D eigenvalue weighted by atomic mass is 10.1. The summed E-state index contributed by atoms with van der Waals surface area (Å²) in [5.41, 5.74) is 2.15. The van der Waals surface area contributed by atoms with Gasteiger partial charge >= 0.3 is 0 Å². The minimum absolute atomic E-state index is 0.0569. The summed E-state index contributed by atoms with van der Waals surface area (Å²) in [6, 6.07) is 5.91. The van der Waals surface area contributed by atoms with Gasteiger partial charge in [0.15, 0.2) is 0 Å². The molecule has 1 saturated heterocycles. The molecule has 0 bridgehead atoms. The Morgan fingerprint density at radius 1 is 1.21 bits per heavy atom. The van der Waals surface area contributed by atoms with Crippen LogP contribution in [-0.4, -0.2) is 62.1 Å². The van der Waals surface area contributed by atoms with E-state index < -0.39 is 10.0 Å². The van der Waals surface area contributed by atoms with Crippen LogP contribution in [0.4, 0.5) is 0 Å². The fraction of sp³-hybridized carbons (Fsp3) is 0.588. The van der Waals surface area contributed by atoms with Gasteiger partial charge in [0.1, 0.15) is 5.75 Å². The van der Waals surface area contributed by atoms with E-state index in [2.05, 4.69) is 0 Å². The van der Waals surface area contributed by atoms with Crippen LogP contribution in [0.25, 0.3) is 0 Å². The molecule has 3 rings (SSSR count). The minimum atomic E-state index is -3.17. The van der Waals surface area contributed by atoms with Crippen molar-refractivity contribution in [3.05, 3.63) is 29.3 Å². The zero-order valence-electron chi connectivity index (χ0n) is 14.0. The highest BCUT2D eigenvalue weighted by molar-refractivity contribution is 7.89. The van der Waals surface area contributed by atoms with Crippen molar-refractivity contribution in [3.63, 3.8) is 0 Å². The van der Waals surface area contributed by atoms with E-state index in [4.69, 9.17) is 4.74 Å². The van der Waals surface area contributed by atoms with Crippen LogP contribution in [0, 0.1) is 0 Å². The molecule has 0 N–H and O–H groups in total. The van der Waals surface area contributed by atoms with Gasteiger partial charge in [-0.05, 0) is 23.6 Å². The number of hydrogen-bond acceptors (Lipinski definition) is 4. The van der Waals surface area contributed by atoms with Gasteiger partial charge in [-0.1, -0.05) is 19.1 Å².